The Bertz CT molecular complexity index is 1180. The molecule has 0 bridgehead atoms. The van der Waals surface area contributed by atoms with E-state index < -0.39 is 0 Å². The standard InChI is InChI=1S/C30H36N2O2/c1-20(2)32-27-16-21(3)23(17-26(27)22(4)18-30(32,5)6)19-31-24-12-14-25(15-13-24)34-29-11-9-8-10-28(29)33-7/h8-17,19-20,22H,18H2,1-7H3/t22-/m0/s1. The lowest BCUT2D eigenvalue weighted by atomic mass is 9.78. The Kier molecular flexibility index (Phi) is 6.70. The summed E-state index contributed by atoms with van der Waals surface area (Å²) in [6.45, 7) is 13.8. The predicted molar refractivity (Wildman–Crippen MR) is 143 cm³/mol. The third kappa shape index (κ3) is 4.82. The summed E-state index contributed by atoms with van der Waals surface area (Å²) in [5.41, 5.74) is 6.24. The van der Waals surface area contributed by atoms with E-state index in [9.17, 15) is 0 Å². The van der Waals surface area contributed by atoms with Crippen molar-refractivity contribution in [3.8, 4) is 17.2 Å². The van der Waals surface area contributed by atoms with Gasteiger partial charge in [0, 0.05) is 23.5 Å². The van der Waals surface area contributed by atoms with Crippen molar-refractivity contribution in [1.29, 1.82) is 0 Å². The molecule has 1 aliphatic rings. The summed E-state index contributed by atoms with van der Waals surface area (Å²) in [6, 6.07) is 20.6. The van der Waals surface area contributed by atoms with E-state index in [4.69, 9.17) is 14.5 Å². The van der Waals surface area contributed by atoms with E-state index in [1.165, 1.54) is 22.4 Å². The lowest BCUT2D eigenvalue weighted by Crippen LogP contribution is -2.51. The number of nitrogens with zero attached hydrogens (tertiary/aromatic N) is 2. The van der Waals surface area contributed by atoms with Gasteiger partial charge in [0.25, 0.3) is 0 Å². The molecule has 4 rings (SSSR count). The average molecular weight is 457 g/mol. The van der Waals surface area contributed by atoms with Crippen LogP contribution in [-0.4, -0.2) is 24.9 Å². The Morgan fingerprint density at radius 3 is 2.35 bits per heavy atom. The van der Waals surface area contributed by atoms with Crippen LogP contribution in [0.4, 0.5) is 11.4 Å². The van der Waals surface area contributed by atoms with Crippen LogP contribution in [0.5, 0.6) is 17.2 Å². The van der Waals surface area contributed by atoms with Gasteiger partial charge in [-0.05, 0) is 112 Å². The number of hydrogen-bond acceptors (Lipinski definition) is 4. The van der Waals surface area contributed by atoms with Crippen LogP contribution in [0.1, 0.15) is 63.6 Å². The van der Waals surface area contributed by atoms with Gasteiger partial charge in [-0.25, -0.2) is 0 Å². The number of methoxy groups -OCH3 is 1. The molecule has 1 aliphatic heterocycles. The largest absolute Gasteiger partial charge is 0.493 e. The summed E-state index contributed by atoms with van der Waals surface area (Å²) in [5, 5.41) is 0. The number of aryl methyl sites for hydroxylation is 1. The second-order valence-corrected chi connectivity index (χ2v) is 10.2. The molecule has 0 unspecified atom stereocenters. The second-order valence-electron chi connectivity index (χ2n) is 10.2. The molecule has 0 N–H and O–H groups in total. The van der Waals surface area contributed by atoms with Gasteiger partial charge >= 0.3 is 0 Å². The second kappa shape index (κ2) is 9.54. The van der Waals surface area contributed by atoms with Gasteiger partial charge in [-0.1, -0.05) is 19.1 Å². The van der Waals surface area contributed by atoms with Gasteiger partial charge in [-0.2, -0.15) is 0 Å². The zero-order chi connectivity index (χ0) is 24.5. The van der Waals surface area contributed by atoms with E-state index in [1.807, 2.05) is 54.7 Å². The monoisotopic (exact) mass is 456 g/mol. The van der Waals surface area contributed by atoms with Gasteiger partial charge in [0.1, 0.15) is 5.75 Å². The van der Waals surface area contributed by atoms with Crippen LogP contribution in [0.25, 0.3) is 0 Å². The maximum atomic E-state index is 5.98. The minimum absolute atomic E-state index is 0.149. The minimum Gasteiger partial charge on any atom is -0.493 e. The summed E-state index contributed by atoms with van der Waals surface area (Å²) in [4.78, 5) is 7.34. The Labute approximate surface area is 204 Å². The number of benzene rings is 3. The van der Waals surface area contributed by atoms with Crippen molar-refractivity contribution in [3.05, 3.63) is 77.4 Å². The lowest BCUT2D eigenvalue weighted by Gasteiger charge is -2.50. The summed E-state index contributed by atoms with van der Waals surface area (Å²) < 4.78 is 11.3. The molecule has 1 heterocycles. The lowest BCUT2D eigenvalue weighted by molar-refractivity contribution is 0.356. The van der Waals surface area contributed by atoms with Crippen molar-refractivity contribution >= 4 is 17.6 Å². The molecule has 0 saturated heterocycles. The van der Waals surface area contributed by atoms with Crippen molar-refractivity contribution in [2.75, 3.05) is 12.0 Å². The predicted octanol–water partition coefficient (Wildman–Crippen LogP) is 8.05. The van der Waals surface area contributed by atoms with Crippen LogP contribution in [0.3, 0.4) is 0 Å². The number of ether oxygens (including phenoxy) is 2. The quantitative estimate of drug-likeness (QED) is 0.352. The van der Waals surface area contributed by atoms with E-state index in [2.05, 4.69) is 58.6 Å². The van der Waals surface area contributed by atoms with Crippen LogP contribution in [-0.2, 0) is 0 Å². The first-order valence-electron chi connectivity index (χ1n) is 12.1. The fourth-order valence-electron chi connectivity index (χ4n) is 5.30. The number of fused-ring (bicyclic) bond motifs is 1. The fraction of sp³-hybridized carbons (Fsp3) is 0.367. The van der Waals surface area contributed by atoms with Gasteiger partial charge in [0.15, 0.2) is 11.5 Å². The van der Waals surface area contributed by atoms with Crippen LogP contribution in [0, 0.1) is 6.92 Å². The molecule has 4 nitrogen and oxygen atoms in total. The zero-order valence-corrected chi connectivity index (χ0v) is 21.4. The maximum absolute atomic E-state index is 5.98. The SMILES string of the molecule is COc1ccccc1Oc1ccc(N=Cc2cc3c(cc2C)N(C(C)C)C(C)(C)C[C@@H]3C)cc1. The third-order valence-corrected chi connectivity index (χ3v) is 6.67. The van der Waals surface area contributed by atoms with E-state index >= 15 is 0 Å². The molecular weight excluding hydrogens is 420 g/mol. The molecule has 0 fully saturated rings. The van der Waals surface area contributed by atoms with E-state index in [0.29, 0.717) is 23.5 Å². The molecule has 3 aromatic rings. The average Bonchev–Trinajstić information content (AvgIpc) is 2.78. The molecule has 4 heteroatoms. The summed E-state index contributed by atoms with van der Waals surface area (Å²) in [6.07, 6.45) is 3.13. The molecule has 0 saturated carbocycles. The third-order valence-electron chi connectivity index (χ3n) is 6.67. The summed E-state index contributed by atoms with van der Waals surface area (Å²) in [5.74, 6) is 2.66. The molecule has 0 aliphatic carbocycles. The molecule has 1 atom stereocenters. The number of anilines is 1. The molecular formula is C30H36N2O2. The Hall–Kier alpha value is -3.27. The number of hydrogen-bond donors (Lipinski definition) is 0. The summed E-state index contributed by atoms with van der Waals surface area (Å²) in [7, 11) is 1.64. The molecule has 0 aromatic heterocycles. The van der Waals surface area contributed by atoms with Crippen molar-refractivity contribution in [2.45, 2.75) is 65.5 Å². The first-order valence-corrected chi connectivity index (χ1v) is 12.1. The first kappa shape index (κ1) is 23.9. The van der Waals surface area contributed by atoms with Crippen LogP contribution >= 0.6 is 0 Å². The normalized spacial score (nSPS) is 17.2. The summed E-state index contributed by atoms with van der Waals surface area (Å²) >= 11 is 0. The van der Waals surface area contributed by atoms with Crippen LogP contribution < -0.4 is 14.4 Å². The van der Waals surface area contributed by atoms with Gasteiger partial charge in [0.2, 0.25) is 0 Å². The molecule has 34 heavy (non-hydrogen) atoms. The van der Waals surface area contributed by atoms with Gasteiger partial charge in [0.05, 0.1) is 12.8 Å². The molecule has 0 amide bonds. The van der Waals surface area contributed by atoms with E-state index in [-0.39, 0.29) is 5.54 Å². The van der Waals surface area contributed by atoms with Crippen molar-refractivity contribution < 1.29 is 9.47 Å². The topological polar surface area (TPSA) is 34.1 Å². The number of rotatable bonds is 6. The molecule has 0 radical (unpaired) electrons. The Morgan fingerprint density at radius 1 is 1.03 bits per heavy atom. The highest BCUT2D eigenvalue weighted by molar-refractivity contribution is 5.86. The van der Waals surface area contributed by atoms with Gasteiger partial charge in [-0.3, -0.25) is 4.99 Å². The molecule has 3 aromatic carbocycles. The number of aliphatic imine (C=N–C) groups is 1. The van der Waals surface area contributed by atoms with Crippen molar-refractivity contribution in [3.63, 3.8) is 0 Å². The van der Waals surface area contributed by atoms with Gasteiger partial charge < -0.3 is 14.4 Å². The van der Waals surface area contributed by atoms with E-state index in [0.717, 1.165) is 17.9 Å². The smallest absolute Gasteiger partial charge is 0.169 e. The Balaban J connectivity index is 1.56. The van der Waals surface area contributed by atoms with Crippen molar-refractivity contribution in [1.82, 2.24) is 0 Å². The highest BCUT2D eigenvalue weighted by Crippen LogP contribution is 2.45. The maximum Gasteiger partial charge on any atom is 0.169 e. The zero-order valence-electron chi connectivity index (χ0n) is 21.4. The van der Waals surface area contributed by atoms with Gasteiger partial charge in [-0.15, -0.1) is 0 Å². The molecule has 178 valence electrons. The van der Waals surface area contributed by atoms with E-state index in [1.54, 1.807) is 7.11 Å². The Morgan fingerprint density at radius 2 is 1.71 bits per heavy atom. The fourth-order valence-corrected chi connectivity index (χ4v) is 5.30. The van der Waals surface area contributed by atoms with Crippen molar-refractivity contribution in [2.24, 2.45) is 4.99 Å². The first-order chi connectivity index (χ1) is 16.2. The van der Waals surface area contributed by atoms with Crippen LogP contribution in [0.15, 0.2) is 65.7 Å². The minimum atomic E-state index is 0.149. The molecule has 0 spiro atoms. The number of para-hydroxylation sites is 2. The highest BCUT2D eigenvalue weighted by atomic mass is 16.5. The highest BCUT2D eigenvalue weighted by Gasteiger charge is 2.37. The van der Waals surface area contributed by atoms with Crippen LogP contribution in [0.2, 0.25) is 0 Å².